The zero-order chi connectivity index (χ0) is 14.0. The summed E-state index contributed by atoms with van der Waals surface area (Å²) in [5, 5.41) is 7.93. The van der Waals surface area contributed by atoms with Crippen LogP contribution in [0.15, 0.2) is 32.1 Å². The maximum atomic E-state index is 5.36. The molecular weight excluding hydrogens is 374 g/mol. The average Bonchev–Trinajstić information content (AvgIpc) is 2.93. The number of rotatable bonds is 5. The van der Waals surface area contributed by atoms with E-state index in [1.165, 1.54) is 0 Å². The lowest BCUT2D eigenvalue weighted by Gasteiger charge is -2.21. The quantitative estimate of drug-likeness (QED) is 0.828. The van der Waals surface area contributed by atoms with Crippen molar-refractivity contribution in [2.24, 2.45) is 0 Å². The summed E-state index contributed by atoms with van der Waals surface area (Å²) in [6.45, 7) is 7.19. The van der Waals surface area contributed by atoms with Crippen LogP contribution in [0.25, 0.3) is 0 Å². The molecule has 2 aromatic rings. The minimum Gasteiger partial charge on any atom is -0.457 e. The smallest absolute Gasteiger partial charge is 0.174 e. The molecule has 1 unspecified atom stereocenters. The third-order valence-corrected chi connectivity index (χ3v) is 4.17. The van der Waals surface area contributed by atoms with Crippen molar-refractivity contribution < 1.29 is 4.42 Å². The molecule has 0 saturated carbocycles. The summed E-state index contributed by atoms with van der Waals surface area (Å²) in [6, 6.07) is 2.31. The highest BCUT2D eigenvalue weighted by molar-refractivity contribution is 9.10. The Kier molecular flexibility index (Phi) is 4.86. The van der Waals surface area contributed by atoms with Crippen LogP contribution in [0.3, 0.4) is 0 Å². The van der Waals surface area contributed by atoms with Gasteiger partial charge in [-0.05, 0) is 58.3 Å². The fourth-order valence-electron chi connectivity index (χ4n) is 2.10. The molecule has 2 rings (SSSR count). The highest BCUT2D eigenvalue weighted by atomic mass is 79.9. The number of hydrogen-bond acceptors (Lipinski definition) is 3. The second-order valence-electron chi connectivity index (χ2n) is 4.56. The van der Waals surface area contributed by atoms with Gasteiger partial charge in [-0.3, -0.25) is 4.68 Å². The lowest BCUT2D eigenvalue weighted by molar-refractivity contribution is 0.469. The van der Waals surface area contributed by atoms with E-state index < -0.39 is 0 Å². The largest absolute Gasteiger partial charge is 0.457 e. The van der Waals surface area contributed by atoms with Crippen molar-refractivity contribution in [1.29, 1.82) is 0 Å². The van der Waals surface area contributed by atoms with E-state index in [4.69, 9.17) is 4.42 Å². The topological polar surface area (TPSA) is 43.0 Å². The molecular formula is C13H17Br2N3O. The molecule has 0 radical (unpaired) electrons. The summed E-state index contributed by atoms with van der Waals surface area (Å²) in [5.74, 6) is 0. The molecule has 0 aliphatic rings. The number of halogens is 2. The van der Waals surface area contributed by atoms with Crippen molar-refractivity contribution in [3.63, 3.8) is 0 Å². The standard InChI is InChI=1S/C13H17Br2N3O/c1-4-16-11(9-5-6-19-13(9)15)12-10(14)7-17-18(12)8(2)3/h5-8,11,16H,4H2,1-3H3. The summed E-state index contributed by atoms with van der Waals surface area (Å²) >= 11 is 7.05. The minimum atomic E-state index is 0.0393. The Morgan fingerprint density at radius 2 is 2.16 bits per heavy atom. The van der Waals surface area contributed by atoms with E-state index in [1.54, 1.807) is 6.26 Å². The van der Waals surface area contributed by atoms with Gasteiger partial charge in [-0.2, -0.15) is 5.10 Å². The van der Waals surface area contributed by atoms with Crippen LogP contribution in [-0.2, 0) is 0 Å². The number of hydrogen-bond donors (Lipinski definition) is 1. The van der Waals surface area contributed by atoms with Crippen LogP contribution in [0, 0.1) is 0 Å². The van der Waals surface area contributed by atoms with E-state index in [0.29, 0.717) is 6.04 Å². The van der Waals surface area contributed by atoms with Gasteiger partial charge in [0.05, 0.1) is 28.7 Å². The van der Waals surface area contributed by atoms with Gasteiger partial charge in [-0.1, -0.05) is 6.92 Å². The molecule has 104 valence electrons. The number of furan rings is 1. The van der Waals surface area contributed by atoms with Crippen LogP contribution in [0.1, 0.15) is 44.1 Å². The molecule has 4 nitrogen and oxygen atoms in total. The van der Waals surface area contributed by atoms with Crippen molar-refractivity contribution in [1.82, 2.24) is 15.1 Å². The third-order valence-electron chi connectivity index (χ3n) is 2.91. The fourth-order valence-corrected chi connectivity index (χ4v) is 3.07. The Bertz CT molecular complexity index is 548. The fraction of sp³-hybridized carbons (Fsp3) is 0.462. The molecule has 0 aliphatic heterocycles. The summed E-state index contributed by atoms with van der Waals surface area (Å²) in [6.07, 6.45) is 3.53. The molecule has 1 N–H and O–H groups in total. The first kappa shape index (κ1) is 14.8. The Morgan fingerprint density at radius 3 is 2.68 bits per heavy atom. The molecule has 0 aromatic carbocycles. The zero-order valence-electron chi connectivity index (χ0n) is 11.2. The summed E-state index contributed by atoms with van der Waals surface area (Å²) in [5.41, 5.74) is 2.18. The summed E-state index contributed by atoms with van der Waals surface area (Å²) in [4.78, 5) is 0. The van der Waals surface area contributed by atoms with Crippen LogP contribution >= 0.6 is 31.9 Å². The molecule has 0 saturated heterocycles. The Morgan fingerprint density at radius 1 is 1.42 bits per heavy atom. The predicted molar refractivity (Wildman–Crippen MR) is 82.2 cm³/mol. The maximum absolute atomic E-state index is 5.36. The average molecular weight is 391 g/mol. The normalized spacial score (nSPS) is 13.2. The molecule has 19 heavy (non-hydrogen) atoms. The maximum Gasteiger partial charge on any atom is 0.174 e. The molecule has 1 atom stereocenters. The predicted octanol–water partition coefficient (Wildman–Crippen LogP) is 4.28. The van der Waals surface area contributed by atoms with Gasteiger partial charge < -0.3 is 9.73 Å². The Labute approximate surface area is 129 Å². The molecule has 2 aromatic heterocycles. The van der Waals surface area contributed by atoms with E-state index >= 15 is 0 Å². The van der Waals surface area contributed by atoms with E-state index in [0.717, 1.165) is 26.9 Å². The van der Waals surface area contributed by atoms with Gasteiger partial charge in [0.25, 0.3) is 0 Å². The van der Waals surface area contributed by atoms with Crippen molar-refractivity contribution >= 4 is 31.9 Å². The van der Waals surface area contributed by atoms with E-state index in [9.17, 15) is 0 Å². The SMILES string of the molecule is CCNC(c1ccoc1Br)c1c(Br)cnn1C(C)C. The van der Waals surface area contributed by atoms with Crippen LogP contribution in [0.4, 0.5) is 0 Å². The van der Waals surface area contributed by atoms with E-state index in [-0.39, 0.29) is 6.04 Å². The minimum absolute atomic E-state index is 0.0393. The molecule has 0 bridgehead atoms. The first-order valence-corrected chi connectivity index (χ1v) is 7.84. The van der Waals surface area contributed by atoms with Gasteiger partial charge >= 0.3 is 0 Å². The Hall–Kier alpha value is -0.590. The number of nitrogens with zero attached hydrogens (tertiary/aromatic N) is 2. The van der Waals surface area contributed by atoms with Crippen LogP contribution in [-0.4, -0.2) is 16.3 Å². The van der Waals surface area contributed by atoms with Crippen LogP contribution < -0.4 is 5.32 Å². The van der Waals surface area contributed by atoms with Crippen molar-refractivity contribution in [2.45, 2.75) is 32.9 Å². The van der Waals surface area contributed by atoms with Crippen LogP contribution in [0.2, 0.25) is 0 Å². The second-order valence-corrected chi connectivity index (χ2v) is 6.13. The van der Waals surface area contributed by atoms with Gasteiger partial charge in [0.15, 0.2) is 4.67 Å². The summed E-state index contributed by atoms with van der Waals surface area (Å²) < 4.78 is 9.14. The second kappa shape index (κ2) is 6.24. The third kappa shape index (κ3) is 2.95. The molecule has 2 heterocycles. The van der Waals surface area contributed by atoms with E-state index in [2.05, 4.69) is 63.0 Å². The van der Waals surface area contributed by atoms with Gasteiger partial charge in [-0.25, -0.2) is 0 Å². The first-order chi connectivity index (χ1) is 9.06. The van der Waals surface area contributed by atoms with Gasteiger partial charge in [-0.15, -0.1) is 0 Å². The molecule has 0 amide bonds. The highest BCUT2D eigenvalue weighted by Crippen LogP contribution is 2.34. The number of nitrogens with one attached hydrogen (secondary N) is 1. The highest BCUT2D eigenvalue weighted by Gasteiger charge is 2.25. The lowest BCUT2D eigenvalue weighted by atomic mass is 10.1. The van der Waals surface area contributed by atoms with Gasteiger partial charge in [0.2, 0.25) is 0 Å². The molecule has 0 fully saturated rings. The van der Waals surface area contributed by atoms with Crippen molar-refractivity contribution in [3.8, 4) is 0 Å². The molecule has 0 spiro atoms. The van der Waals surface area contributed by atoms with Crippen molar-refractivity contribution in [2.75, 3.05) is 6.54 Å². The first-order valence-electron chi connectivity index (χ1n) is 6.25. The monoisotopic (exact) mass is 389 g/mol. The Balaban J connectivity index is 2.51. The van der Waals surface area contributed by atoms with Crippen molar-refractivity contribution in [3.05, 3.63) is 38.9 Å². The molecule has 6 heteroatoms. The molecule has 0 aliphatic carbocycles. The van der Waals surface area contributed by atoms with Crippen LogP contribution in [0.5, 0.6) is 0 Å². The number of aromatic nitrogens is 2. The van der Waals surface area contributed by atoms with Gasteiger partial charge in [0.1, 0.15) is 0 Å². The zero-order valence-corrected chi connectivity index (χ0v) is 14.3. The van der Waals surface area contributed by atoms with Gasteiger partial charge in [0, 0.05) is 11.6 Å². The summed E-state index contributed by atoms with van der Waals surface area (Å²) in [7, 11) is 0. The van der Waals surface area contributed by atoms with E-state index in [1.807, 2.05) is 16.9 Å². The lowest BCUT2D eigenvalue weighted by Crippen LogP contribution is -2.25.